The Bertz CT molecular complexity index is 423. The number of hydrogen-bond acceptors (Lipinski definition) is 2. The number of carboxylic acid groups (broad SMARTS) is 1. The van der Waals surface area contributed by atoms with Crippen LogP contribution in [0.3, 0.4) is 0 Å². The van der Waals surface area contributed by atoms with Crippen molar-refractivity contribution in [3.05, 3.63) is 28.8 Å². The van der Waals surface area contributed by atoms with Crippen molar-refractivity contribution in [3.63, 3.8) is 0 Å². The highest BCUT2D eigenvalue weighted by Gasteiger charge is 2.25. The Morgan fingerprint density at radius 3 is 2.94 bits per heavy atom. The van der Waals surface area contributed by atoms with Crippen LogP contribution >= 0.6 is 0 Å². The SMILES string of the molecule is Cc1cc(C)c2c(c1)C(CC(=O)O)CCO2. The van der Waals surface area contributed by atoms with Crippen molar-refractivity contribution in [2.45, 2.75) is 32.6 Å². The molecule has 1 atom stereocenters. The molecule has 16 heavy (non-hydrogen) atoms. The molecule has 1 aliphatic heterocycles. The van der Waals surface area contributed by atoms with Crippen LogP contribution in [-0.4, -0.2) is 17.7 Å². The molecule has 3 nitrogen and oxygen atoms in total. The van der Waals surface area contributed by atoms with Gasteiger partial charge in [0, 0.05) is 5.92 Å². The number of hydrogen-bond donors (Lipinski definition) is 1. The molecule has 0 aliphatic carbocycles. The number of carboxylic acids is 1. The first-order chi connectivity index (χ1) is 7.58. The topological polar surface area (TPSA) is 46.5 Å². The summed E-state index contributed by atoms with van der Waals surface area (Å²) in [6.45, 7) is 4.66. The van der Waals surface area contributed by atoms with Gasteiger partial charge in [-0.05, 0) is 31.4 Å². The summed E-state index contributed by atoms with van der Waals surface area (Å²) in [6, 6.07) is 4.12. The van der Waals surface area contributed by atoms with Gasteiger partial charge in [0.05, 0.1) is 13.0 Å². The lowest BCUT2D eigenvalue weighted by Gasteiger charge is -2.26. The summed E-state index contributed by atoms with van der Waals surface area (Å²) >= 11 is 0. The summed E-state index contributed by atoms with van der Waals surface area (Å²) in [5, 5.41) is 8.89. The average Bonchev–Trinajstić information content (AvgIpc) is 2.18. The Labute approximate surface area is 95.0 Å². The fourth-order valence-corrected chi connectivity index (χ4v) is 2.37. The third-order valence-corrected chi connectivity index (χ3v) is 3.02. The summed E-state index contributed by atoms with van der Waals surface area (Å²) < 4.78 is 5.63. The maximum absolute atomic E-state index is 10.8. The van der Waals surface area contributed by atoms with E-state index in [2.05, 4.69) is 12.1 Å². The molecule has 0 saturated heterocycles. The van der Waals surface area contributed by atoms with Crippen LogP contribution in [0.5, 0.6) is 5.75 Å². The number of fused-ring (bicyclic) bond motifs is 1. The van der Waals surface area contributed by atoms with Gasteiger partial charge < -0.3 is 9.84 Å². The predicted molar refractivity (Wildman–Crippen MR) is 61.0 cm³/mol. The molecule has 0 saturated carbocycles. The smallest absolute Gasteiger partial charge is 0.303 e. The molecule has 1 unspecified atom stereocenters. The lowest BCUT2D eigenvalue weighted by atomic mass is 9.88. The largest absolute Gasteiger partial charge is 0.493 e. The van der Waals surface area contributed by atoms with E-state index in [-0.39, 0.29) is 12.3 Å². The van der Waals surface area contributed by atoms with Crippen LogP contribution in [0.25, 0.3) is 0 Å². The van der Waals surface area contributed by atoms with Crippen LogP contribution in [0.2, 0.25) is 0 Å². The molecule has 1 heterocycles. The molecule has 3 heteroatoms. The maximum Gasteiger partial charge on any atom is 0.303 e. The van der Waals surface area contributed by atoms with E-state index < -0.39 is 5.97 Å². The Morgan fingerprint density at radius 2 is 2.25 bits per heavy atom. The fraction of sp³-hybridized carbons (Fsp3) is 0.462. The molecule has 0 spiro atoms. The number of rotatable bonds is 2. The number of aliphatic carboxylic acids is 1. The van der Waals surface area contributed by atoms with E-state index >= 15 is 0 Å². The fourth-order valence-electron chi connectivity index (χ4n) is 2.37. The molecule has 0 amide bonds. The molecular weight excluding hydrogens is 204 g/mol. The lowest BCUT2D eigenvalue weighted by molar-refractivity contribution is -0.137. The number of aryl methyl sites for hydroxylation is 2. The second kappa shape index (κ2) is 4.16. The van der Waals surface area contributed by atoms with Gasteiger partial charge in [0.25, 0.3) is 0 Å². The van der Waals surface area contributed by atoms with Crippen molar-refractivity contribution < 1.29 is 14.6 Å². The minimum atomic E-state index is -0.739. The Morgan fingerprint density at radius 1 is 1.50 bits per heavy atom. The van der Waals surface area contributed by atoms with Crippen LogP contribution in [0.15, 0.2) is 12.1 Å². The third kappa shape index (κ3) is 2.03. The van der Waals surface area contributed by atoms with Gasteiger partial charge in [0.15, 0.2) is 0 Å². The highest BCUT2D eigenvalue weighted by molar-refractivity contribution is 5.68. The normalized spacial score (nSPS) is 18.8. The first-order valence-electron chi connectivity index (χ1n) is 5.53. The molecule has 0 bridgehead atoms. The zero-order valence-electron chi connectivity index (χ0n) is 9.62. The first-order valence-corrected chi connectivity index (χ1v) is 5.53. The average molecular weight is 220 g/mol. The highest BCUT2D eigenvalue weighted by atomic mass is 16.5. The minimum Gasteiger partial charge on any atom is -0.493 e. The summed E-state index contributed by atoms with van der Waals surface area (Å²) in [4.78, 5) is 10.8. The van der Waals surface area contributed by atoms with Crippen molar-refractivity contribution in [2.24, 2.45) is 0 Å². The quantitative estimate of drug-likeness (QED) is 0.833. The molecule has 1 aliphatic rings. The van der Waals surface area contributed by atoms with Crippen molar-refractivity contribution in [3.8, 4) is 5.75 Å². The van der Waals surface area contributed by atoms with Gasteiger partial charge >= 0.3 is 5.97 Å². The standard InChI is InChI=1S/C13H16O3/c1-8-5-9(2)13-11(6-8)10(3-4-16-13)7-12(14)15/h5-6,10H,3-4,7H2,1-2H3,(H,14,15). The number of ether oxygens (including phenoxy) is 1. The van der Waals surface area contributed by atoms with E-state index in [1.807, 2.05) is 13.8 Å². The summed E-state index contributed by atoms with van der Waals surface area (Å²) in [5.74, 6) is 0.250. The van der Waals surface area contributed by atoms with Crippen LogP contribution in [-0.2, 0) is 4.79 Å². The Kier molecular flexibility index (Phi) is 2.86. The zero-order valence-corrected chi connectivity index (χ0v) is 9.62. The minimum absolute atomic E-state index is 0.0971. The van der Waals surface area contributed by atoms with Crippen molar-refractivity contribution in [1.82, 2.24) is 0 Å². The van der Waals surface area contributed by atoms with Crippen LogP contribution in [0, 0.1) is 13.8 Å². The van der Waals surface area contributed by atoms with Gasteiger partial charge in [0.2, 0.25) is 0 Å². The van der Waals surface area contributed by atoms with E-state index in [1.54, 1.807) is 0 Å². The van der Waals surface area contributed by atoms with E-state index in [1.165, 1.54) is 0 Å². The monoisotopic (exact) mass is 220 g/mol. The number of carbonyl (C=O) groups is 1. The van der Waals surface area contributed by atoms with Gasteiger partial charge in [-0.15, -0.1) is 0 Å². The zero-order chi connectivity index (χ0) is 11.7. The summed E-state index contributed by atoms with van der Waals surface area (Å²) in [7, 11) is 0. The van der Waals surface area contributed by atoms with Gasteiger partial charge in [0.1, 0.15) is 5.75 Å². The molecule has 2 rings (SSSR count). The predicted octanol–water partition coefficient (Wildman–Crippen LogP) is 2.64. The van der Waals surface area contributed by atoms with E-state index in [4.69, 9.17) is 9.84 Å². The number of benzene rings is 1. The van der Waals surface area contributed by atoms with E-state index in [0.29, 0.717) is 6.61 Å². The lowest BCUT2D eigenvalue weighted by Crippen LogP contribution is -2.18. The Balaban J connectivity index is 2.41. The molecule has 86 valence electrons. The van der Waals surface area contributed by atoms with Crippen LogP contribution < -0.4 is 4.74 Å². The van der Waals surface area contributed by atoms with Gasteiger partial charge in [-0.3, -0.25) is 4.79 Å². The third-order valence-electron chi connectivity index (χ3n) is 3.02. The second-order valence-corrected chi connectivity index (χ2v) is 4.43. The summed E-state index contributed by atoms with van der Waals surface area (Å²) in [5.41, 5.74) is 3.33. The van der Waals surface area contributed by atoms with Crippen molar-refractivity contribution in [1.29, 1.82) is 0 Å². The van der Waals surface area contributed by atoms with Gasteiger partial charge in [-0.1, -0.05) is 17.7 Å². The van der Waals surface area contributed by atoms with E-state index in [9.17, 15) is 4.79 Å². The van der Waals surface area contributed by atoms with Gasteiger partial charge in [-0.2, -0.15) is 0 Å². The second-order valence-electron chi connectivity index (χ2n) is 4.43. The van der Waals surface area contributed by atoms with Crippen LogP contribution in [0.1, 0.15) is 35.4 Å². The molecular formula is C13H16O3. The van der Waals surface area contributed by atoms with Crippen LogP contribution in [0.4, 0.5) is 0 Å². The Hall–Kier alpha value is -1.51. The molecule has 0 fully saturated rings. The van der Waals surface area contributed by atoms with E-state index in [0.717, 1.165) is 28.9 Å². The van der Waals surface area contributed by atoms with Gasteiger partial charge in [-0.25, -0.2) is 0 Å². The highest BCUT2D eigenvalue weighted by Crippen LogP contribution is 2.38. The summed E-state index contributed by atoms with van der Waals surface area (Å²) in [6.07, 6.45) is 0.988. The first kappa shape index (κ1) is 11.0. The molecule has 1 aromatic carbocycles. The maximum atomic E-state index is 10.8. The molecule has 0 radical (unpaired) electrons. The van der Waals surface area contributed by atoms with Crippen molar-refractivity contribution >= 4 is 5.97 Å². The van der Waals surface area contributed by atoms with Crippen molar-refractivity contribution in [2.75, 3.05) is 6.61 Å². The molecule has 0 aromatic heterocycles. The molecule has 1 aromatic rings. The molecule has 1 N–H and O–H groups in total.